The van der Waals surface area contributed by atoms with E-state index in [2.05, 4.69) is 24.9 Å². The molecule has 0 radical (unpaired) electrons. The summed E-state index contributed by atoms with van der Waals surface area (Å²) in [4.78, 5) is 45.8. The third kappa shape index (κ3) is 15.7. The van der Waals surface area contributed by atoms with Crippen LogP contribution >= 0.6 is 23.2 Å². The van der Waals surface area contributed by atoms with E-state index in [1.807, 2.05) is 91.0 Å². The molecule has 0 fully saturated rings. The van der Waals surface area contributed by atoms with Crippen LogP contribution in [-0.2, 0) is 22.4 Å². The van der Waals surface area contributed by atoms with Crippen LogP contribution in [0.25, 0.3) is 22.3 Å². The van der Waals surface area contributed by atoms with Crippen molar-refractivity contribution in [1.82, 2.24) is 15.6 Å². The van der Waals surface area contributed by atoms with Crippen molar-refractivity contribution >= 4 is 47.0 Å². The van der Waals surface area contributed by atoms with E-state index in [1.54, 1.807) is 6.07 Å². The highest BCUT2D eigenvalue weighted by Crippen LogP contribution is 2.29. The molecule has 2 aromatic heterocycles. The summed E-state index contributed by atoms with van der Waals surface area (Å²) in [6.45, 7) is 1.95. The molecule has 0 aliphatic rings. The van der Waals surface area contributed by atoms with E-state index >= 15 is 0 Å². The predicted octanol–water partition coefficient (Wildman–Crippen LogP) is 7.55. The lowest BCUT2D eigenvalue weighted by Crippen LogP contribution is -2.44. The van der Waals surface area contributed by atoms with Crippen LogP contribution in [0.15, 0.2) is 118 Å². The Labute approximate surface area is 396 Å². The maximum atomic E-state index is 12.7. The molecule has 19 heteroatoms. The average molecular weight is 964 g/mol. The summed E-state index contributed by atoms with van der Waals surface area (Å²) < 4.78 is 18.8. The summed E-state index contributed by atoms with van der Waals surface area (Å²) in [5, 5.41) is 57.1. The minimum absolute atomic E-state index is 0.00584. The van der Waals surface area contributed by atoms with E-state index in [-0.39, 0.29) is 42.2 Å². The van der Waals surface area contributed by atoms with Gasteiger partial charge in [0.15, 0.2) is 0 Å². The fourth-order valence-corrected chi connectivity index (χ4v) is 6.95. The van der Waals surface area contributed by atoms with Crippen LogP contribution in [-0.4, -0.2) is 99.2 Å². The number of carboxylic acids is 3. The quantitative estimate of drug-likeness (QED) is 0.0413. The maximum Gasteiger partial charge on any atom is 0.374 e. The number of ether oxygens (including phenoxy) is 2. The minimum Gasteiger partial charge on any atom is -0.481 e. The number of aliphatic hydroxyl groups is 2. The third-order valence-corrected chi connectivity index (χ3v) is 11.0. The molecule has 0 bridgehead atoms. The van der Waals surface area contributed by atoms with E-state index in [0.717, 1.165) is 33.4 Å². The number of nitrogens with two attached hydrogens (primary N) is 1. The number of hydrogen-bond donors (Lipinski definition) is 7. The number of benzene rings is 4. The SMILES string of the molecule is COc1cc(C(=O)N[C@H](Cc2ccc(-c3cccc(Cl)c3)cc2)C[C@@](C)(CO)C(=O)O)on1.COc1cc(C(=O)O)on1.C[C@@](CO)(C[C@H](N)Cc1ccc(-c2cccc(Cl)c2)cc1)C(=O)O. The number of aliphatic carboxylic acids is 2. The Kier molecular flexibility index (Phi) is 19.5. The van der Waals surface area contributed by atoms with Crippen molar-refractivity contribution in [2.75, 3.05) is 27.4 Å². The second-order valence-corrected chi connectivity index (χ2v) is 16.9. The van der Waals surface area contributed by atoms with Gasteiger partial charge in [-0.15, -0.1) is 0 Å². The number of aromatic carboxylic acids is 1. The van der Waals surface area contributed by atoms with Gasteiger partial charge in [0.1, 0.15) is 0 Å². The molecule has 17 nitrogen and oxygen atoms in total. The summed E-state index contributed by atoms with van der Waals surface area (Å²) >= 11 is 12.1. The lowest BCUT2D eigenvalue weighted by atomic mass is 9.82. The number of halogens is 2. The lowest BCUT2D eigenvalue weighted by molar-refractivity contribution is -0.152. The molecule has 0 spiro atoms. The number of nitrogens with zero attached hydrogens (tertiary/aromatic N) is 2. The summed E-state index contributed by atoms with van der Waals surface area (Å²) in [7, 11) is 2.78. The Balaban J connectivity index is 0.000000250. The monoisotopic (exact) mass is 962 g/mol. The number of amides is 1. The smallest absolute Gasteiger partial charge is 0.374 e. The molecule has 6 aromatic rings. The van der Waals surface area contributed by atoms with Crippen molar-refractivity contribution in [2.24, 2.45) is 16.6 Å². The zero-order valence-electron chi connectivity index (χ0n) is 37.0. The molecule has 2 heterocycles. The first-order valence-electron chi connectivity index (χ1n) is 20.5. The molecule has 0 aliphatic heterocycles. The van der Waals surface area contributed by atoms with Gasteiger partial charge in [-0.1, -0.05) is 96.0 Å². The fraction of sp³-hybridized carbons (Fsp3) is 0.292. The zero-order chi connectivity index (χ0) is 49.3. The molecule has 8 N–H and O–H groups in total. The number of hydrogen-bond acceptors (Lipinski definition) is 13. The number of aromatic nitrogens is 2. The first-order chi connectivity index (χ1) is 31.8. The van der Waals surface area contributed by atoms with Crippen molar-refractivity contribution in [3.63, 3.8) is 0 Å². The number of nitrogens with one attached hydrogen (secondary N) is 1. The first kappa shape index (κ1) is 52.9. The largest absolute Gasteiger partial charge is 0.481 e. The van der Waals surface area contributed by atoms with Crippen LogP contribution < -0.4 is 20.5 Å². The van der Waals surface area contributed by atoms with Gasteiger partial charge in [-0.05, 0) is 107 Å². The number of carbonyl (C=O) groups is 4. The summed E-state index contributed by atoms with van der Waals surface area (Å²) in [5.74, 6) is -3.87. The van der Waals surface area contributed by atoms with Gasteiger partial charge in [0.2, 0.25) is 11.5 Å². The zero-order valence-corrected chi connectivity index (χ0v) is 38.5. The number of carbonyl (C=O) groups excluding carboxylic acids is 1. The number of carboxylic acid groups (broad SMARTS) is 3. The maximum absolute atomic E-state index is 12.7. The van der Waals surface area contributed by atoms with Crippen molar-refractivity contribution in [3.05, 3.63) is 142 Å². The number of methoxy groups -OCH3 is 2. The molecule has 67 heavy (non-hydrogen) atoms. The van der Waals surface area contributed by atoms with Crippen LogP contribution in [0.2, 0.25) is 10.0 Å². The lowest BCUT2D eigenvalue weighted by Gasteiger charge is -2.28. The van der Waals surface area contributed by atoms with Gasteiger partial charge in [0.05, 0.1) is 50.4 Å². The standard InChI is InChI=1S/C24H25ClN2O6.C19H22ClNO3.C5H5NO4/c1-24(14-28,23(30)31)13-19(26-22(29)20-12-21(32-2)27-33-20)10-15-6-8-16(9-7-15)17-4-3-5-18(25)11-17;1-19(12-22,18(23)24)11-17(21)9-13-5-7-14(8-6-13)15-3-2-4-16(20)10-15;1-9-4-2-3(5(7)8)10-6-4/h3-9,11-12,19,28H,10,13-14H2,1-2H3,(H,26,29)(H,30,31);2-8,10,17,22H,9,11-12,21H2,1H3,(H,23,24);2H,1H3,(H,7,8)/t19-,24+;17-,19+;/m11./s1. The van der Waals surface area contributed by atoms with Crippen molar-refractivity contribution < 1.29 is 63.2 Å². The molecule has 0 saturated carbocycles. The van der Waals surface area contributed by atoms with Crippen molar-refractivity contribution in [1.29, 1.82) is 0 Å². The van der Waals surface area contributed by atoms with Gasteiger partial charge < -0.3 is 55.1 Å². The molecular formula is C48H52Cl2N4O13. The predicted molar refractivity (Wildman–Crippen MR) is 248 cm³/mol. The highest BCUT2D eigenvalue weighted by molar-refractivity contribution is 6.31. The van der Waals surface area contributed by atoms with Gasteiger partial charge in [-0.25, -0.2) is 4.79 Å². The number of aliphatic hydroxyl groups excluding tert-OH is 2. The molecule has 0 saturated heterocycles. The van der Waals surface area contributed by atoms with E-state index in [4.69, 9.17) is 43.3 Å². The Bertz CT molecular complexity index is 2570. The highest BCUT2D eigenvalue weighted by atomic mass is 35.5. The fourth-order valence-electron chi connectivity index (χ4n) is 6.57. The summed E-state index contributed by atoms with van der Waals surface area (Å²) in [6.07, 6.45) is 1.12. The van der Waals surface area contributed by atoms with Gasteiger partial charge in [-0.2, -0.15) is 0 Å². The van der Waals surface area contributed by atoms with Gasteiger partial charge in [0, 0.05) is 22.1 Å². The molecule has 0 aliphatic carbocycles. The summed E-state index contributed by atoms with van der Waals surface area (Å²) in [6, 6.07) is 32.4. The minimum atomic E-state index is -1.43. The average Bonchev–Trinajstić information content (AvgIpc) is 4.01. The van der Waals surface area contributed by atoms with Crippen molar-refractivity contribution in [3.8, 4) is 34.0 Å². The second-order valence-electron chi connectivity index (χ2n) is 16.0. The Hall–Kier alpha value is -6.76. The Morgan fingerprint density at radius 2 is 1.07 bits per heavy atom. The third-order valence-electron chi connectivity index (χ3n) is 10.5. The van der Waals surface area contributed by atoms with Crippen LogP contribution in [0.3, 0.4) is 0 Å². The van der Waals surface area contributed by atoms with Crippen molar-refractivity contribution in [2.45, 2.75) is 51.6 Å². The van der Waals surface area contributed by atoms with Gasteiger partial charge in [-0.3, -0.25) is 14.4 Å². The van der Waals surface area contributed by atoms with Crippen LogP contribution in [0.5, 0.6) is 11.8 Å². The van der Waals surface area contributed by atoms with E-state index in [0.29, 0.717) is 22.9 Å². The molecular weight excluding hydrogens is 911 g/mol. The molecule has 6 rings (SSSR count). The Morgan fingerprint density at radius 1 is 0.642 bits per heavy atom. The van der Waals surface area contributed by atoms with Gasteiger partial charge in [0.25, 0.3) is 17.7 Å². The van der Waals surface area contributed by atoms with Gasteiger partial charge >= 0.3 is 17.9 Å². The van der Waals surface area contributed by atoms with Crippen LogP contribution in [0, 0.1) is 10.8 Å². The molecule has 4 aromatic carbocycles. The highest BCUT2D eigenvalue weighted by Gasteiger charge is 2.37. The van der Waals surface area contributed by atoms with Crippen LogP contribution in [0.4, 0.5) is 0 Å². The normalized spacial score (nSPS) is 13.4. The number of rotatable bonds is 19. The molecule has 1 amide bonds. The Morgan fingerprint density at radius 3 is 1.46 bits per heavy atom. The molecule has 356 valence electrons. The molecule has 4 atom stereocenters. The van der Waals surface area contributed by atoms with E-state index < -0.39 is 53.9 Å². The van der Waals surface area contributed by atoms with E-state index in [9.17, 15) is 39.6 Å². The second kappa shape index (κ2) is 24.7. The first-order valence-corrected chi connectivity index (χ1v) is 21.3. The summed E-state index contributed by atoms with van der Waals surface area (Å²) in [5.41, 5.74) is 9.39. The van der Waals surface area contributed by atoms with Crippen LogP contribution in [0.1, 0.15) is 58.9 Å². The van der Waals surface area contributed by atoms with E-state index in [1.165, 1.54) is 40.2 Å². The molecule has 0 unspecified atom stereocenters. The topological polar surface area (TPSA) is 278 Å².